The molecular weight excluding hydrogens is 732 g/mol. The first-order valence-electron chi connectivity index (χ1n) is 18.3. The molecule has 48 heavy (non-hydrogen) atoms. The van der Waals surface area contributed by atoms with Gasteiger partial charge in [0.15, 0.2) is 0 Å². The number of benzene rings is 2. The van der Waals surface area contributed by atoms with Crippen LogP contribution in [0.5, 0.6) is 0 Å². The fraction of sp³-hybridized carbons (Fsp3) is 0.650. The van der Waals surface area contributed by atoms with E-state index in [0.717, 1.165) is 46.0 Å². The number of esters is 2. The SMILES string of the molecule is CCCCCCCC[N+](C)(C)CCCOC(=O)c1ccc(-c2ccc(C(=O)OCCC[N+](C)(C)CCCCCCCC)cc2)cc1.[Br-].[Br-]. The minimum Gasteiger partial charge on any atom is -1.00 e. The molecule has 0 saturated carbocycles. The molecule has 0 aliphatic carbocycles. The molecule has 0 radical (unpaired) electrons. The van der Waals surface area contributed by atoms with Crippen LogP contribution in [0.1, 0.15) is 124 Å². The van der Waals surface area contributed by atoms with Gasteiger partial charge in [-0.3, -0.25) is 0 Å². The zero-order chi connectivity index (χ0) is 33.7. The van der Waals surface area contributed by atoms with Crippen molar-refractivity contribution in [3.05, 3.63) is 59.7 Å². The Morgan fingerprint density at radius 2 is 0.750 bits per heavy atom. The number of halogens is 2. The number of nitrogens with zero attached hydrogens (tertiary/aromatic N) is 2. The van der Waals surface area contributed by atoms with E-state index in [2.05, 4.69) is 42.0 Å². The Hall–Kier alpha value is -1.74. The normalized spacial score (nSPS) is 11.4. The van der Waals surface area contributed by atoms with Crippen LogP contribution in [0.4, 0.5) is 0 Å². The summed E-state index contributed by atoms with van der Waals surface area (Å²) in [5.74, 6) is -0.564. The zero-order valence-electron chi connectivity index (χ0n) is 31.0. The monoisotopic (exact) mass is 796 g/mol. The Kier molecular flexibility index (Phi) is 25.2. The van der Waals surface area contributed by atoms with Crippen LogP contribution >= 0.6 is 0 Å². The third kappa shape index (κ3) is 20.1. The molecule has 8 heteroatoms. The van der Waals surface area contributed by atoms with Crippen molar-refractivity contribution < 1.29 is 62.0 Å². The third-order valence-corrected chi connectivity index (χ3v) is 9.09. The highest BCUT2D eigenvalue weighted by molar-refractivity contribution is 5.91. The van der Waals surface area contributed by atoms with Gasteiger partial charge in [-0.2, -0.15) is 0 Å². The van der Waals surface area contributed by atoms with Crippen molar-refractivity contribution >= 4 is 11.9 Å². The van der Waals surface area contributed by atoms with Crippen molar-refractivity contribution in [2.45, 2.75) is 104 Å². The average molecular weight is 799 g/mol. The predicted molar refractivity (Wildman–Crippen MR) is 192 cm³/mol. The van der Waals surface area contributed by atoms with Gasteiger partial charge in [-0.05, 0) is 61.1 Å². The van der Waals surface area contributed by atoms with Crippen molar-refractivity contribution in [3.63, 3.8) is 0 Å². The van der Waals surface area contributed by atoms with Crippen LogP contribution in [0, 0.1) is 0 Å². The highest BCUT2D eigenvalue weighted by atomic mass is 79.9. The Bertz CT molecular complexity index is 1030. The van der Waals surface area contributed by atoms with Crippen LogP contribution < -0.4 is 34.0 Å². The summed E-state index contributed by atoms with van der Waals surface area (Å²) >= 11 is 0. The van der Waals surface area contributed by atoms with E-state index in [-0.39, 0.29) is 45.9 Å². The Morgan fingerprint density at radius 3 is 1.08 bits per heavy atom. The van der Waals surface area contributed by atoms with Gasteiger partial charge in [0.2, 0.25) is 0 Å². The van der Waals surface area contributed by atoms with E-state index in [9.17, 15) is 9.59 Å². The van der Waals surface area contributed by atoms with E-state index in [0.29, 0.717) is 24.3 Å². The maximum absolute atomic E-state index is 12.6. The molecule has 0 aliphatic heterocycles. The topological polar surface area (TPSA) is 52.6 Å². The summed E-state index contributed by atoms with van der Waals surface area (Å²) < 4.78 is 13.1. The van der Waals surface area contributed by atoms with E-state index in [1.807, 2.05) is 48.5 Å². The summed E-state index contributed by atoms with van der Waals surface area (Å²) in [6.45, 7) is 9.72. The predicted octanol–water partition coefficient (Wildman–Crippen LogP) is 3.33. The Balaban J connectivity index is 0.0000110. The molecule has 0 aromatic heterocycles. The summed E-state index contributed by atoms with van der Waals surface area (Å²) in [5.41, 5.74) is 3.07. The number of hydrogen-bond donors (Lipinski definition) is 0. The molecule has 2 aromatic rings. The van der Waals surface area contributed by atoms with Crippen LogP contribution in [0.25, 0.3) is 11.1 Å². The number of quaternary nitrogens is 2. The minimum absolute atomic E-state index is 0. The first-order valence-corrected chi connectivity index (χ1v) is 18.3. The van der Waals surface area contributed by atoms with Crippen LogP contribution in [-0.4, -0.2) is 88.5 Å². The van der Waals surface area contributed by atoms with Crippen molar-refractivity contribution in [1.29, 1.82) is 0 Å². The van der Waals surface area contributed by atoms with Gasteiger partial charge < -0.3 is 52.4 Å². The van der Waals surface area contributed by atoms with Gasteiger partial charge in [0.05, 0.1) is 78.7 Å². The molecule has 0 fully saturated rings. The zero-order valence-corrected chi connectivity index (χ0v) is 34.2. The molecule has 2 rings (SSSR count). The first-order chi connectivity index (χ1) is 22.1. The molecule has 6 nitrogen and oxygen atoms in total. The van der Waals surface area contributed by atoms with Crippen LogP contribution in [0.2, 0.25) is 0 Å². The Morgan fingerprint density at radius 1 is 0.458 bits per heavy atom. The van der Waals surface area contributed by atoms with Crippen molar-refractivity contribution in [1.82, 2.24) is 0 Å². The lowest BCUT2D eigenvalue weighted by Gasteiger charge is -2.29. The van der Waals surface area contributed by atoms with Gasteiger partial charge in [-0.15, -0.1) is 0 Å². The van der Waals surface area contributed by atoms with Gasteiger partial charge in [0.1, 0.15) is 0 Å². The van der Waals surface area contributed by atoms with Gasteiger partial charge in [0.25, 0.3) is 0 Å². The fourth-order valence-corrected chi connectivity index (χ4v) is 5.94. The summed E-state index contributed by atoms with van der Waals surface area (Å²) in [4.78, 5) is 25.2. The molecular formula is C40H66Br2N2O4. The third-order valence-electron chi connectivity index (χ3n) is 9.09. The molecule has 0 saturated heterocycles. The fourth-order valence-electron chi connectivity index (χ4n) is 5.94. The van der Waals surface area contributed by atoms with E-state index in [1.165, 1.54) is 90.1 Å². The summed E-state index contributed by atoms with van der Waals surface area (Å²) in [6, 6.07) is 14.9. The van der Waals surface area contributed by atoms with Crippen LogP contribution in [0.15, 0.2) is 48.5 Å². The molecule has 0 atom stereocenters. The maximum atomic E-state index is 12.6. The number of hydrogen-bond acceptors (Lipinski definition) is 4. The lowest BCUT2D eigenvalue weighted by atomic mass is 10.0. The largest absolute Gasteiger partial charge is 1.00 e. The average Bonchev–Trinajstić information content (AvgIpc) is 3.04. The van der Waals surface area contributed by atoms with Gasteiger partial charge in [-0.1, -0.05) is 89.5 Å². The quantitative estimate of drug-likeness (QED) is 0.0881. The lowest BCUT2D eigenvalue weighted by molar-refractivity contribution is -0.890. The second-order valence-electron chi connectivity index (χ2n) is 14.4. The molecule has 0 N–H and O–H groups in total. The minimum atomic E-state index is -0.282. The number of carbonyl (C=O) groups excluding carboxylic acids is 2. The molecule has 0 heterocycles. The van der Waals surface area contributed by atoms with Crippen molar-refractivity contribution in [2.24, 2.45) is 0 Å². The molecule has 274 valence electrons. The number of unbranched alkanes of at least 4 members (excludes halogenated alkanes) is 10. The summed E-state index contributed by atoms with van der Waals surface area (Å²) in [5, 5.41) is 0. The molecule has 2 aromatic carbocycles. The molecule has 0 spiro atoms. The molecule has 0 bridgehead atoms. The van der Waals surface area contributed by atoms with Gasteiger partial charge in [-0.25, -0.2) is 9.59 Å². The number of rotatable bonds is 25. The van der Waals surface area contributed by atoms with E-state index < -0.39 is 0 Å². The van der Waals surface area contributed by atoms with Crippen molar-refractivity contribution in [2.75, 3.05) is 67.6 Å². The van der Waals surface area contributed by atoms with Crippen LogP contribution in [0.3, 0.4) is 0 Å². The van der Waals surface area contributed by atoms with E-state index in [4.69, 9.17) is 9.47 Å². The van der Waals surface area contributed by atoms with Crippen LogP contribution in [-0.2, 0) is 9.47 Å². The Labute approximate surface area is 314 Å². The van der Waals surface area contributed by atoms with Crippen molar-refractivity contribution in [3.8, 4) is 11.1 Å². The van der Waals surface area contributed by atoms with Gasteiger partial charge >= 0.3 is 11.9 Å². The number of carbonyl (C=O) groups is 2. The van der Waals surface area contributed by atoms with E-state index in [1.54, 1.807) is 0 Å². The second-order valence-corrected chi connectivity index (χ2v) is 14.4. The smallest absolute Gasteiger partial charge is 0.338 e. The molecule has 0 unspecified atom stereocenters. The number of ether oxygens (including phenoxy) is 2. The van der Waals surface area contributed by atoms with E-state index >= 15 is 0 Å². The van der Waals surface area contributed by atoms with Gasteiger partial charge in [0, 0.05) is 12.8 Å². The summed E-state index contributed by atoms with van der Waals surface area (Å²) in [7, 11) is 9.06. The lowest BCUT2D eigenvalue weighted by Crippen LogP contribution is -3.00. The maximum Gasteiger partial charge on any atom is 0.338 e. The second kappa shape index (κ2) is 26.1. The standard InChI is InChI=1S/C40H66N2O4.2BrH/c1-7-9-11-13-15-17-29-41(3,4)31-19-33-45-39(43)37-25-21-35(22-26-37)36-23-27-38(28-24-36)40(44)46-34-20-32-42(5,6)30-18-16-14-12-10-8-2;;/h21-28H,7-20,29-34H2,1-6H3;2*1H/q+2;;/p-2. The highest BCUT2D eigenvalue weighted by Crippen LogP contribution is 2.21. The summed E-state index contributed by atoms with van der Waals surface area (Å²) in [6.07, 6.45) is 17.5. The first kappa shape index (κ1) is 46.3. The highest BCUT2D eigenvalue weighted by Gasteiger charge is 2.17. The molecule has 0 amide bonds. The molecule has 0 aliphatic rings.